The molecule has 0 bridgehead atoms. The van der Waals surface area contributed by atoms with Crippen LogP contribution in [0.25, 0.3) is 0 Å². The van der Waals surface area contributed by atoms with Crippen LogP contribution >= 0.6 is 0 Å². The number of unbranched alkanes of at least 4 members (excludes halogenated alkanes) is 2. The predicted molar refractivity (Wildman–Crippen MR) is 51.7 cm³/mol. The molecule has 0 saturated heterocycles. The Morgan fingerprint density at radius 3 is 2.64 bits per heavy atom. The van der Waals surface area contributed by atoms with Crippen molar-refractivity contribution in [3.8, 4) is 0 Å². The lowest BCUT2D eigenvalue weighted by Crippen LogP contribution is -2.05. The van der Waals surface area contributed by atoms with E-state index in [2.05, 4.69) is 4.74 Å². The van der Waals surface area contributed by atoms with Crippen molar-refractivity contribution in [2.45, 2.75) is 39.0 Å². The first-order chi connectivity index (χ1) is 6.81. The van der Waals surface area contributed by atoms with Crippen LogP contribution in [0.4, 0.5) is 0 Å². The Labute approximate surface area is 84.6 Å². The van der Waals surface area contributed by atoms with Gasteiger partial charge in [-0.1, -0.05) is 13.3 Å². The second kappa shape index (κ2) is 10.0. The quantitative estimate of drug-likeness (QED) is 0.324. The van der Waals surface area contributed by atoms with Crippen molar-refractivity contribution < 1.29 is 19.1 Å². The largest absolute Gasteiger partial charge is 0.468 e. The molecule has 0 aromatic heterocycles. The van der Waals surface area contributed by atoms with Crippen LogP contribution < -0.4 is 0 Å². The highest BCUT2D eigenvalue weighted by molar-refractivity contribution is 5.69. The molecule has 0 fully saturated rings. The zero-order valence-corrected chi connectivity index (χ0v) is 8.66. The van der Waals surface area contributed by atoms with E-state index in [1.165, 1.54) is 0 Å². The SMILES string of the molecule is CCCCOC(=O)CCCCOC=O. The fourth-order valence-corrected chi connectivity index (χ4v) is 0.905. The van der Waals surface area contributed by atoms with Crippen LogP contribution in [-0.4, -0.2) is 25.7 Å². The smallest absolute Gasteiger partial charge is 0.305 e. The topological polar surface area (TPSA) is 52.6 Å². The Kier molecular flexibility index (Phi) is 9.26. The average molecular weight is 202 g/mol. The number of carbonyl (C=O) groups is 2. The zero-order chi connectivity index (χ0) is 10.6. The molecule has 0 aromatic rings. The molecule has 0 rings (SSSR count). The van der Waals surface area contributed by atoms with E-state index in [0.717, 1.165) is 12.8 Å². The molecule has 0 saturated carbocycles. The molecule has 0 atom stereocenters. The molecule has 14 heavy (non-hydrogen) atoms. The first-order valence-corrected chi connectivity index (χ1v) is 5.02. The van der Waals surface area contributed by atoms with Crippen molar-refractivity contribution in [1.82, 2.24) is 0 Å². The van der Waals surface area contributed by atoms with Gasteiger partial charge in [-0.25, -0.2) is 0 Å². The Bertz CT molecular complexity index is 156. The standard InChI is InChI=1S/C10H18O4/c1-2-3-8-14-10(12)6-4-5-7-13-9-11/h9H,2-8H2,1H3. The van der Waals surface area contributed by atoms with E-state index < -0.39 is 0 Å². The zero-order valence-electron chi connectivity index (χ0n) is 8.66. The van der Waals surface area contributed by atoms with E-state index >= 15 is 0 Å². The van der Waals surface area contributed by atoms with Crippen molar-refractivity contribution in [3.05, 3.63) is 0 Å². The van der Waals surface area contributed by atoms with Crippen LogP contribution in [0.2, 0.25) is 0 Å². The van der Waals surface area contributed by atoms with Crippen LogP contribution in [0.3, 0.4) is 0 Å². The van der Waals surface area contributed by atoms with Crippen molar-refractivity contribution >= 4 is 12.4 Å². The van der Waals surface area contributed by atoms with Gasteiger partial charge in [0, 0.05) is 6.42 Å². The summed E-state index contributed by atoms with van der Waals surface area (Å²) in [6.45, 7) is 3.36. The molecule has 0 aliphatic rings. The highest BCUT2D eigenvalue weighted by Crippen LogP contribution is 1.99. The van der Waals surface area contributed by atoms with Crippen molar-refractivity contribution in [2.24, 2.45) is 0 Å². The Morgan fingerprint density at radius 1 is 1.21 bits per heavy atom. The van der Waals surface area contributed by atoms with E-state index in [9.17, 15) is 9.59 Å². The number of hydrogen-bond acceptors (Lipinski definition) is 4. The number of hydrogen-bond donors (Lipinski definition) is 0. The third kappa shape index (κ3) is 9.03. The second-order valence-electron chi connectivity index (χ2n) is 3.00. The lowest BCUT2D eigenvalue weighted by molar-refractivity contribution is -0.143. The summed E-state index contributed by atoms with van der Waals surface area (Å²) in [6, 6.07) is 0. The Hall–Kier alpha value is -1.06. The maximum Gasteiger partial charge on any atom is 0.305 e. The Balaban J connectivity index is 3.14. The minimum absolute atomic E-state index is 0.162. The molecule has 82 valence electrons. The lowest BCUT2D eigenvalue weighted by atomic mass is 10.2. The highest BCUT2D eigenvalue weighted by atomic mass is 16.5. The predicted octanol–water partition coefficient (Wildman–Crippen LogP) is 1.67. The van der Waals surface area contributed by atoms with Crippen molar-refractivity contribution in [2.75, 3.05) is 13.2 Å². The fourth-order valence-electron chi connectivity index (χ4n) is 0.905. The van der Waals surface area contributed by atoms with E-state index in [4.69, 9.17) is 4.74 Å². The third-order valence-corrected chi connectivity index (χ3v) is 1.72. The van der Waals surface area contributed by atoms with Crippen LogP contribution in [0.5, 0.6) is 0 Å². The average Bonchev–Trinajstić information content (AvgIpc) is 2.18. The summed E-state index contributed by atoms with van der Waals surface area (Å²) in [6.07, 6.45) is 3.77. The molecular weight excluding hydrogens is 184 g/mol. The summed E-state index contributed by atoms with van der Waals surface area (Å²) in [5.41, 5.74) is 0. The van der Waals surface area contributed by atoms with Crippen molar-refractivity contribution in [1.29, 1.82) is 0 Å². The molecule has 4 heteroatoms. The number of rotatable bonds is 9. The van der Waals surface area contributed by atoms with E-state index in [1.54, 1.807) is 0 Å². The molecule has 0 heterocycles. The summed E-state index contributed by atoms with van der Waals surface area (Å²) < 4.78 is 9.42. The first-order valence-electron chi connectivity index (χ1n) is 5.02. The Morgan fingerprint density at radius 2 is 2.00 bits per heavy atom. The molecule has 0 aliphatic carbocycles. The van der Waals surface area contributed by atoms with Gasteiger partial charge in [0.1, 0.15) is 0 Å². The minimum atomic E-state index is -0.162. The molecular formula is C10H18O4. The molecule has 4 nitrogen and oxygen atoms in total. The van der Waals surface area contributed by atoms with Gasteiger partial charge in [-0.15, -0.1) is 0 Å². The summed E-state index contributed by atoms with van der Waals surface area (Å²) in [7, 11) is 0. The van der Waals surface area contributed by atoms with Gasteiger partial charge in [0.15, 0.2) is 0 Å². The van der Waals surface area contributed by atoms with Gasteiger partial charge >= 0.3 is 5.97 Å². The monoisotopic (exact) mass is 202 g/mol. The van der Waals surface area contributed by atoms with Gasteiger partial charge in [-0.3, -0.25) is 9.59 Å². The van der Waals surface area contributed by atoms with Gasteiger partial charge in [-0.2, -0.15) is 0 Å². The van der Waals surface area contributed by atoms with Gasteiger partial charge < -0.3 is 9.47 Å². The second-order valence-corrected chi connectivity index (χ2v) is 3.00. The summed E-state index contributed by atoms with van der Waals surface area (Å²) in [4.78, 5) is 20.8. The van der Waals surface area contributed by atoms with E-state index in [-0.39, 0.29) is 5.97 Å². The fraction of sp³-hybridized carbons (Fsp3) is 0.800. The third-order valence-electron chi connectivity index (χ3n) is 1.72. The first kappa shape index (κ1) is 12.9. The summed E-state index contributed by atoms with van der Waals surface area (Å²) in [5, 5.41) is 0. The number of esters is 1. The maximum atomic E-state index is 11.0. The molecule has 0 aromatic carbocycles. The van der Waals surface area contributed by atoms with Gasteiger partial charge in [-0.05, 0) is 19.3 Å². The number of ether oxygens (including phenoxy) is 2. The van der Waals surface area contributed by atoms with Gasteiger partial charge in [0.25, 0.3) is 6.47 Å². The number of carbonyl (C=O) groups excluding carboxylic acids is 2. The normalized spacial score (nSPS) is 9.50. The maximum absolute atomic E-state index is 11.0. The van der Waals surface area contributed by atoms with Crippen LogP contribution in [-0.2, 0) is 19.1 Å². The molecule has 0 amide bonds. The molecule has 0 spiro atoms. The minimum Gasteiger partial charge on any atom is -0.468 e. The van der Waals surface area contributed by atoms with Crippen LogP contribution in [0.15, 0.2) is 0 Å². The molecule has 0 unspecified atom stereocenters. The van der Waals surface area contributed by atoms with E-state index in [0.29, 0.717) is 38.9 Å². The summed E-state index contributed by atoms with van der Waals surface area (Å²) >= 11 is 0. The van der Waals surface area contributed by atoms with Crippen LogP contribution in [0.1, 0.15) is 39.0 Å². The molecule has 0 N–H and O–H groups in total. The van der Waals surface area contributed by atoms with E-state index in [1.807, 2.05) is 6.92 Å². The molecule has 0 radical (unpaired) electrons. The summed E-state index contributed by atoms with van der Waals surface area (Å²) in [5.74, 6) is -0.162. The highest BCUT2D eigenvalue weighted by Gasteiger charge is 2.01. The van der Waals surface area contributed by atoms with Gasteiger partial charge in [0.2, 0.25) is 0 Å². The lowest BCUT2D eigenvalue weighted by Gasteiger charge is -2.03. The van der Waals surface area contributed by atoms with Gasteiger partial charge in [0.05, 0.1) is 13.2 Å². The molecule has 0 aliphatic heterocycles. The van der Waals surface area contributed by atoms with Crippen LogP contribution in [0, 0.1) is 0 Å². The van der Waals surface area contributed by atoms with Crippen molar-refractivity contribution in [3.63, 3.8) is 0 Å².